The lowest BCUT2D eigenvalue weighted by molar-refractivity contribution is -0.654. The number of benzene rings is 1. The van der Waals surface area contributed by atoms with Gasteiger partial charge in [0, 0.05) is 13.0 Å². The highest BCUT2D eigenvalue weighted by Crippen LogP contribution is 2.19. The van der Waals surface area contributed by atoms with Gasteiger partial charge in [-0.1, -0.05) is 31.2 Å². The lowest BCUT2D eigenvalue weighted by Crippen LogP contribution is -2.34. The number of ether oxygens (including phenoxy) is 1. The predicted octanol–water partition coefficient (Wildman–Crippen LogP) is 3.15. The minimum Gasteiger partial charge on any atom is -0.387 e. The van der Waals surface area contributed by atoms with E-state index in [1.807, 2.05) is 0 Å². The second-order valence-corrected chi connectivity index (χ2v) is 7.17. The van der Waals surface area contributed by atoms with Crippen LogP contribution in [0.15, 0.2) is 36.4 Å². The van der Waals surface area contributed by atoms with Crippen molar-refractivity contribution in [1.82, 2.24) is 4.57 Å². The molecule has 2 atom stereocenters. The van der Waals surface area contributed by atoms with E-state index in [-0.39, 0.29) is 0 Å². The quantitative estimate of drug-likeness (QED) is 0.591. The summed E-state index contributed by atoms with van der Waals surface area (Å²) in [4.78, 5) is 0. The fourth-order valence-corrected chi connectivity index (χ4v) is 3.81. The Morgan fingerprint density at radius 2 is 2.16 bits per heavy atom. The summed E-state index contributed by atoms with van der Waals surface area (Å²) >= 11 is 0. The second-order valence-electron chi connectivity index (χ2n) is 7.17. The van der Waals surface area contributed by atoms with Gasteiger partial charge in [-0.2, -0.15) is 0 Å². The molecule has 25 heavy (non-hydrogen) atoms. The van der Waals surface area contributed by atoms with E-state index in [9.17, 15) is 5.11 Å². The van der Waals surface area contributed by atoms with Crippen LogP contribution in [0.2, 0.25) is 0 Å². The Kier molecular flexibility index (Phi) is 6.27. The summed E-state index contributed by atoms with van der Waals surface area (Å²) in [6.45, 7) is 3.94. The molecule has 1 N–H and O–H groups in total. The maximum atomic E-state index is 10.5. The van der Waals surface area contributed by atoms with Gasteiger partial charge in [-0.15, -0.1) is 0 Å². The SMILES string of the molecule is CCCc1n(C[C@@H](O)COC[C@H]2CC=CCC2)c2ccccc2[n+]1C. The van der Waals surface area contributed by atoms with Gasteiger partial charge in [-0.25, -0.2) is 9.13 Å². The number of aromatic nitrogens is 2. The molecule has 0 unspecified atom stereocenters. The standard InChI is InChI=1S/C21H31N2O2/c1-3-9-21-22(2)19-12-7-8-13-20(19)23(21)14-18(24)16-25-15-17-10-5-4-6-11-17/h4-5,7-8,12-13,17-18,24H,3,6,9-11,14-16H2,1-2H3/q+1/t17-,18+/m0/s1. The molecule has 1 aliphatic rings. The number of hydrogen-bond donors (Lipinski definition) is 1. The van der Waals surface area contributed by atoms with E-state index in [1.165, 1.54) is 23.3 Å². The summed E-state index contributed by atoms with van der Waals surface area (Å²) in [5, 5.41) is 10.5. The first kappa shape index (κ1) is 18.2. The third-order valence-electron chi connectivity index (χ3n) is 5.14. The summed E-state index contributed by atoms with van der Waals surface area (Å²) in [7, 11) is 2.11. The van der Waals surface area contributed by atoms with E-state index >= 15 is 0 Å². The first-order valence-electron chi connectivity index (χ1n) is 9.57. The van der Waals surface area contributed by atoms with Crippen molar-refractivity contribution >= 4 is 11.0 Å². The van der Waals surface area contributed by atoms with Crippen LogP contribution in [0.5, 0.6) is 0 Å². The van der Waals surface area contributed by atoms with Crippen molar-refractivity contribution in [2.45, 2.75) is 51.7 Å². The highest BCUT2D eigenvalue weighted by molar-refractivity contribution is 5.72. The van der Waals surface area contributed by atoms with Crippen molar-refractivity contribution in [3.8, 4) is 0 Å². The third-order valence-corrected chi connectivity index (χ3v) is 5.14. The maximum Gasteiger partial charge on any atom is 0.257 e. The first-order chi connectivity index (χ1) is 12.2. The Hall–Kier alpha value is -1.65. The number of fused-ring (bicyclic) bond motifs is 1. The van der Waals surface area contributed by atoms with Crippen molar-refractivity contribution in [3.05, 3.63) is 42.2 Å². The average Bonchev–Trinajstić information content (AvgIpc) is 2.89. The van der Waals surface area contributed by atoms with Gasteiger partial charge < -0.3 is 9.84 Å². The van der Waals surface area contributed by atoms with E-state index < -0.39 is 6.10 Å². The highest BCUT2D eigenvalue weighted by atomic mass is 16.5. The van der Waals surface area contributed by atoms with Crippen molar-refractivity contribution in [1.29, 1.82) is 0 Å². The predicted molar refractivity (Wildman–Crippen MR) is 100 cm³/mol. The molecule has 0 amide bonds. The fourth-order valence-electron chi connectivity index (χ4n) is 3.81. The summed E-state index contributed by atoms with van der Waals surface area (Å²) in [5.74, 6) is 1.87. The number of hydrogen-bond acceptors (Lipinski definition) is 2. The van der Waals surface area contributed by atoms with Crippen LogP contribution in [0.25, 0.3) is 11.0 Å². The Balaban J connectivity index is 1.64. The summed E-state index contributed by atoms with van der Waals surface area (Å²) in [6, 6.07) is 8.41. The molecular weight excluding hydrogens is 312 g/mol. The average molecular weight is 343 g/mol. The van der Waals surface area contributed by atoms with Gasteiger partial charge in [-0.3, -0.25) is 0 Å². The number of aliphatic hydroxyl groups excluding tert-OH is 1. The number of nitrogens with zero attached hydrogens (tertiary/aromatic N) is 2. The van der Waals surface area contributed by atoms with E-state index in [0.717, 1.165) is 32.3 Å². The molecule has 1 aliphatic carbocycles. The van der Waals surface area contributed by atoms with Crippen molar-refractivity contribution in [2.75, 3.05) is 13.2 Å². The van der Waals surface area contributed by atoms with E-state index in [4.69, 9.17) is 4.74 Å². The van der Waals surface area contributed by atoms with Gasteiger partial charge in [0.1, 0.15) is 12.6 Å². The van der Waals surface area contributed by atoms with Crippen LogP contribution >= 0.6 is 0 Å². The number of imidazole rings is 1. The van der Waals surface area contributed by atoms with Crippen LogP contribution < -0.4 is 4.57 Å². The van der Waals surface area contributed by atoms with Gasteiger partial charge in [0.25, 0.3) is 5.82 Å². The molecule has 2 aromatic rings. The van der Waals surface area contributed by atoms with Gasteiger partial charge >= 0.3 is 0 Å². The number of para-hydroxylation sites is 2. The van der Waals surface area contributed by atoms with Gasteiger partial charge in [0.15, 0.2) is 11.0 Å². The van der Waals surface area contributed by atoms with Crippen molar-refractivity contribution in [2.24, 2.45) is 13.0 Å². The van der Waals surface area contributed by atoms with E-state index in [1.54, 1.807) is 0 Å². The molecule has 1 aromatic carbocycles. The summed E-state index contributed by atoms with van der Waals surface area (Å²) in [5.41, 5.74) is 2.40. The van der Waals surface area contributed by atoms with Crippen LogP contribution in [0.3, 0.4) is 0 Å². The first-order valence-corrected chi connectivity index (χ1v) is 9.57. The maximum absolute atomic E-state index is 10.5. The molecule has 4 nitrogen and oxygen atoms in total. The number of allylic oxidation sites excluding steroid dienone is 2. The minimum atomic E-state index is -0.481. The molecule has 0 saturated heterocycles. The number of aryl methyl sites for hydroxylation is 1. The monoisotopic (exact) mass is 343 g/mol. The van der Waals surface area contributed by atoms with Gasteiger partial charge in [0.2, 0.25) is 0 Å². The van der Waals surface area contributed by atoms with Gasteiger partial charge in [-0.05, 0) is 43.7 Å². The molecular formula is C21H31N2O2+. The largest absolute Gasteiger partial charge is 0.387 e. The minimum absolute atomic E-state index is 0.405. The third kappa shape index (κ3) is 4.31. The van der Waals surface area contributed by atoms with Crippen LogP contribution in [0, 0.1) is 5.92 Å². The van der Waals surface area contributed by atoms with Crippen LogP contribution in [-0.4, -0.2) is 29.0 Å². The fraction of sp³-hybridized carbons (Fsp3) is 0.571. The lowest BCUT2D eigenvalue weighted by Gasteiger charge is -2.18. The van der Waals surface area contributed by atoms with Crippen molar-refractivity contribution in [3.63, 3.8) is 0 Å². The van der Waals surface area contributed by atoms with Crippen LogP contribution in [0.4, 0.5) is 0 Å². The molecule has 0 spiro atoms. The van der Waals surface area contributed by atoms with Crippen LogP contribution in [0.1, 0.15) is 38.4 Å². The zero-order chi connectivity index (χ0) is 17.6. The molecule has 0 aliphatic heterocycles. The molecule has 0 fully saturated rings. The Labute approximate surface area is 150 Å². The Morgan fingerprint density at radius 3 is 2.92 bits per heavy atom. The second kappa shape index (κ2) is 8.63. The molecule has 1 heterocycles. The normalized spacial score (nSPS) is 18.8. The summed E-state index contributed by atoms with van der Waals surface area (Å²) < 4.78 is 10.3. The molecule has 0 bridgehead atoms. The topological polar surface area (TPSA) is 38.3 Å². The van der Waals surface area contributed by atoms with Crippen molar-refractivity contribution < 1.29 is 14.4 Å². The molecule has 136 valence electrons. The molecule has 1 aromatic heterocycles. The number of rotatable bonds is 8. The van der Waals surface area contributed by atoms with Crippen LogP contribution in [-0.2, 0) is 24.8 Å². The van der Waals surface area contributed by atoms with Gasteiger partial charge in [0.05, 0.1) is 13.7 Å². The molecule has 3 rings (SSSR count). The lowest BCUT2D eigenvalue weighted by atomic mass is 9.95. The molecule has 0 saturated carbocycles. The Bertz CT molecular complexity index is 720. The highest BCUT2D eigenvalue weighted by Gasteiger charge is 2.23. The summed E-state index contributed by atoms with van der Waals surface area (Å²) in [6.07, 6.45) is 9.57. The van der Waals surface area contributed by atoms with E-state index in [2.05, 4.69) is 59.5 Å². The molecule has 4 heteroatoms. The molecule has 0 radical (unpaired) electrons. The zero-order valence-corrected chi connectivity index (χ0v) is 15.5. The van der Waals surface area contributed by atoms with E-state index in [0.29, 0.717) is 19.1 Å². The zero-order valence-electron chi connectivity index (χ0n) is 15.5. The number of aliphatic hydroxyl groups is 1. The smallest absolute Gasteiger partial charge is 0.257 e. The Morgan fingerprint density at radius 1 is 1.32 bits per heavy atom.